The Labute approximate surface area is 158 Å². The van der Waals surface area contributed by atoms with E-state index < -0.39 is 12.0 Å². The molecule has 2 aliphatic heterocycles. The summed E-state index contributed by atoms with van der Waals surface area (Å²) in [4.78, 5) is 28.4. The molecule has 2 heterocycles. The summed E-state index contributed by atoms with van der Waals surface area (Å²) in [6.45, 7) is 3.66. The lowest BCUT2D eigenvalue weighted by Gasteiger charge is -2.40. The first-order valence-corrected chi connectivity index (χ1v) is 10.4. The van der Waals surface area contributed by atoms with Crippen molar-refractivity contribution in [2.75, 3.05) is 37.7 Å². The van der Waals surface area contributed by atoms with Crippen molar-refractivity contribution >= 4 is 23.8 Å². The Morgan fingerprint density at radius 3 is 2.38 bits per heavy atom. The standard InChI is InChI=1S/C19H27N3O3S/c23-18(24)17(14-15-4-2-1-3-5-15)20-19(25)22-8-6-16(7-9-22)21-10-12-26-13-11-21/h1-5,16-17H,6-14H2,(H,20,25)(H,23,24)/t17-/m0/s1. The Morgan fingerprint density at radius 2 is 1.77 bits per heavy atom. The second-order valence-corrected chi connectivity index (χ2v) is 8.12. The highest BCUT2D eigenvalue weighted by Gasteiger charge is 2.29. The summed E-state index contributed by atoms with van der Waals surface area (Å²) >= 11 is 2.01. The number of carboxylic acids is 1. The third-order valence-corrected chi connectivity index (χ3v) is 6.13. The molecule has 2 fully saturated rings. The maximum Gasteiger partial charge on any atom is 0.326 e. The molecule has 2 saturated heterocycles. The van der Waals surface area contributed by atoms with Gasteiger partial charge in [0.2, 0.25) is 0 Å². The van der Waals surface area contributed by atoms with E-state index >= 15 is 0 Å². The first-order valence-electron chi connectivity index (χ1n) is 9.27. The van der Waals surface area contributed by atoms with Gasteiger partial charge in [-0.3, -0.25) is 4.90 Å². The van der Waals surface area contributed by atoms with Crippen molar-refractivity contribution in [3.05, 3.63) is 35.9 Å². The van der Waals surface area contributed by atoms with Crippen LogP contribution >= 0.6 is 11.8 Å². The number of carbonyl (C=O) groups excluding carboxylic acids is 1. The average molecular weight is 378 g/mol. The van der Waals surface area contributed by atoms with Gasteiger partial charge in [-0.25, -0.2) is 9.59 Å². The predicted octanol–water partition coefficient (Wildman–Crippen LogP) is 1.91. The van der Waals surface area contributed by atoms with Gasteiger partial charge < -0.3 is 15.3 Å². The van der Waals surface area contributed by atoms with Gasteiger partial charge in [-0.15, -0.1) is 0 Å². The lowest BCUT2D eigenvalue weighted by molar-refractivity contribution is -0.139. The van der Waals surface area contributed by atoms with Gasteiger partial charge in [-0.05, 0) is 18.4 Å². The number of aliphatic carboxylic acids is 1. The van der Waals surface area contributed by atoms with E-state index in [0.29, 0.717) is 25.6 Å². The summed E-state index contributed by atoms with van der Waals surface area (Å²) in [7, 11) is 0. The number of likely N-dealkylation sites (tertiary alicyclic amines) is 1. The van der Waals surface area contributed by atoms with Gasteiger partial charge in [0, 0.05) is 50.1 Å². The Kier molecular flexibility index (Phi) is 6.80. The number of amides is 2. The van der Waals surface area contributed by atoms with E-state index in [0.717, 1.165) is 31.5 Å². The van der Waals surface area contributed by atoms with Crippen LogP contribution in [-0.4, -0.2) is 76.7 Å². The Bertz CT molecular complexity index is 599. The summed E-state index contributed by atoms with van der Waals surface area (Å²) < 4.78 is 0. The fourth-order valence-corrected chi connectivity index (χ4v) is 4.60. The SMILES string of the molecule is O=C(O)[C@H](Cc1ccccc1)NC(=O)N1CCC(N2CCSCC2)CC1. The van der Waals surface area contributed by atoms with Gasteiger partial charge in [0.15, 0.2) is 0 Å². The summed E-state index contributed by atoms with van der Waals surface area (Å²) in [5.74, 6) is 1.39. The zero-order chi connectivity index (χ0) is 18.4. The molecule has 7 heteroatoms. The van der Waals surface area contributed by atoms with Crippen LogP contribution < -0.4 is 5.32 Å². The number of carboxylic acid groups (broad SMARTS) is 1. The highest BCUT2D eigenvalue weighted by molar-refractivity contribution is 7.99. The van der Waals surface area contributed by atoms with Crippen LogP contribution in [0, 0.1) is 0 Å². The number of nitrogens with zero attached hydrogens (tertiary/aromatic N) is 2. The van der Waals surface area contributed by atoms with Crippen LogP contribution in [0.1, 0.15) is 18.4 Å². The van der Waals surface area contributed by atoms with E-state index in [9.17, 15) is 14.7 Å². The van der Waals surface area contributed by atoms with E-state index in [2.05, 4.69) is 10.2 Å². The minimum absolute atomic E-state index is 0.263. The number of benzene rings is 1. The van der Waals surface area contributed by atoms with Crippen molar-refractivity contribution in [2.24, 2.45) is 0 Å². The number of rotatable bonds is 5. The number of piperidine rings is 1. The highest BCUT2D eigenvalue weighted by Crippen LogP contribution is 2.20. The minimum Gasteiger partial charge on any atom is -0.480 e. The molecule has 0 saturated carbocycles. The van der Waals surface area contributed by atoms with Gasteiger partial charge in [-0.1, -0.05) is 30.3 Å². The maximum absolute atomic E-state index is 12.5. The highest BCUT2D eigenvalue weighted by atomic mass is 32.2. The van der Waals surface area contributed by atoms with Gasteiger partial charge >= 0.3 is 12.0 Å². The molecule has 0 aromatic heterocycles. The van der Waals surface area contributed by atoms with Crippen LogP contribution in [0.4, 0.5) is 4.79 Å². The quantitative estimate of drug-likeness (QED) is 0.820. The average Bonchev–Trinajstić information content (AvgIpc) is 2.69. The van der Waals surface area contributed by atoms with E-state index in [1.54, 1.807) is 4.90 Å². The van der Waals surface area contributed by atoms with Crippen LogP contribution in [0.15, 0.2) is 30.3 Å². The molecule has 2 N–H and O–H groups in total. The van der Waals surface area contributed by atoms with Crippen molar-refractivity contribution in [1.29, 1.82) is 0 Å². The molecule has 2 aliphatic rings. The largest absolute Gasteiger partial charge is 0.480 e. The molecule has 0 aliphatic carbocycles. The third-order valence-electron chi connectivity index (χ3n) is 5.19. The molecule has 0 bridgehead atoms. The third kappa shape index (κ3) is 5.14. The lowest BCUT2D eigenvalue weighted by Crippen LogP contribution is -2.54. The molecule has 0 spiro atoms. The van der Waals surface area contributed by atoms with Crippen molar-refractivity contribution in [1.82, 2.24) is 15.1 Å². The topological polar surface area (TPSA) is 72.9 Å². The van der Waals surface area contributed by atoms with Crippen molar-refractivity contribution in [2.45, 2.75) is 31.3 Å². The van der Waals surface area contributed by atoms with Gasteiger partial charge in [0.05, 0.1) is 0 Å². The van der Waals surface area contributed by atoms with Gasteiger partial charge in [0.25, 0.3) is 0 Å². The lowest BCUT2D eigenvalue weighted by atomic mass is 10.0. The molecule has 142 valence electrons. The molecule has 0 unspecified atom stereocenters. The summed E-state index contributed by atoms with van der Waals surface area (Å²) in [5.41, 5.74) is 0.905. The molecular formula is C19H27N3O3S. The van der Waals surface area contributed by atoms with Crippen molar-refractivity contribution in [3.8, 4) is 0 Å². The minimum atomic E-state index is -0.997. The molecule has 0 radical (unpaired) electrons. The molecule has 1 aromatic carbocycles. The number of urea groups is 1. The molecule has 1 atom stereocenters. The maximum atomic E-state index is 12.5. The molecule has 3 rings (SSSR count). The summed E-state index contributed by atoms with van der Waals surface area (Å²) in [6.07, 6.45) is 2.23. The normalized spacial score (nSPS) is 20.5. The van der Waals surface area contributed by atoms with Crippen LogP contribution in [0.25, 0.3) is 0 Å². The van der Waals surface area contributed by atoms with Crippen molar-refractivity contribution in [3.63, 3.8) is 0 Å². The Morgan fingerprint density at radius 1 is 1.12 bits per heavy atom. The van der Waals surface area contributed by atoms with Crippen LogP contribution in [0.2, 0.25) is 0 Å². The number of hydrogen-bond acceptors (Lipinski definition) is 4. The summed E-state index contributed by atoms with van der Waals surface area (Å²) in [5, 5.41) is 12.2. The fourth-order valence-electron chi connectivity index (χ4n) is 3.67. The van der Waals surface area contributed by atoms with Crippen LogP contribution in [0.3, 0.4) is 0 Å². The van der Waals surface area contributed by atoms with Crippen molar-refractivity contribution < 1.29 is 14.7 Å². The monoisotopic (exact) mass is 377 g/mol. The number of thioether (sulfide) groups is 1. The van der Waals surface area contributed by atoms with E-state index in [1.165, 1.54) is 11.5 Å². The van der Waals surface area contributed by atoms with Crippen LogP contribution in [-0.2, 0) is 11.2 Å². The molecular weight excluding hydrogens is 350 g/mol. The fraction of sp³-hybridized carbons (Fsp3) is 0.579. The molecule has 6 nitrogen and oxygen atoms in total. The Hall–Kier alpha value is -1.73. The number of hydrogen-bond donors (Lipinski definition) is 2. The molecule has 1 aromatic rings. The second-order valence-electron chi connectivity index (χ2n) is 6.90. The number of carbonyl (C=O) groups is 2. The first-order chi connectivity index (χ1) is 12.6. The zero-order valence-electron chi connectivity index (χ0n) is 15.0. The smallest absolute Gasteiger partial charge is 0.326 e. The second kappa shape index (κ2) is 9.28. The molecule has 2 amide bonds. The first kappa shape index (κ1) is 19.0. The van der Waals surface area contributed by atoms with Crippen LogP contribution in [0.5, 0.6) is 0 Å². The van der Waals surface area contributed by atoms with E-state index in [-0.39, 0.29) is 6.03 Å². The zero-order valence-corrected chi connectivity index (χ0v) is 15.8. The van der Waals surface area contributed by atoms with E-state index in [4.69, 9.17) is 0 Å². The predicted molar refractivity (Wildman–Crippen MR) is 104 cm³/mol. The number of nitrogens with one attached hydrogen (secondary N) is 1. The summed E-state index contributed by atoms with van der Waals surface area (Å²) in [6, 6.07) is 8.79. The molecule has 26 heavy (non-hydrogen) atoms. The van der Waals surface area contributed by atoms with Gasteiger partial charge in [0.1, 0.15) is 6.04 Å². The van der Waals surface area contributed by atoms with E-state index in [1.807, 2.05) is 42.1 Å². The van der Waals surface area contributed by atoms with Gasteiger partial charge in [-0.2, -0.15) is 11.8 Å². The Balaban J connectivity index is 1.49.